The molecule has 0 bridgehead atoms. The molecule has 2 rings (SSSR count). The first-order chi connectivity index (χ1) is 9.15. The van der Waals surface area contributed by atoms with E-state index in [0.29, 0.717) is 12.6 Å². The van der Waals surface area contributed by atoms with Crippen LogP contribution < -0.4 is 10.6 Å². The Morgan fingerprint density at radius 2 is 2.32 bits per heavy atom. The first-order valence-electron chi connectivity index (χ1n) is 6.86. The van der Waals surface area contributed by atoms with E-state index in [1.807, 2.05) is 6.07 Å². The lowest BCUT2D eigenvalue weighted by molar-refractivity contribution is -0.384. The van der Waals surface area contributed by atoms with E-state index in [2.05, 4.69) is 11.8 Å². The smallest absolute Gasteiger partial charge is 0.271 e. The van der Waals surface area contributed by atoms with Crippen molar-refractivity contribution in [2.75, 3.05) is 18.0 Å². The standard InChI is InChI=1S/C14H21N3O2/c1-2-11-6-7-16(14(8-11)10-15)12-4-3-5-13(9-12)17(18)19/h3-5,9,11,14H,2,6-8,10,15H2,1H3. The van der Waals surface area contributed by atoms with Gasteiger partial charge in [-0.25, -0.2) is 0 Å². The van der Waals surface area contributed by atoms with Gasteiger partial charge in [0.05, 0.1) is 4.92 Å². The van der Waals surface area contributed by atoms with E-state index in [0.717, 1.165) is 31.0 Å². The maximum Gasteiger partial charge on any atom is 0.271 e. The molecule has 1 aromatic carbocycles. The summed E-state index contributed by atoms with van der Waals surface area (Å²) in [5.74, 6) is 0.725. The molecule has 1 aliphatic heterocycles. The molecule has 2 atom stereocenters. The molecule has 0 amide bonds. The first kappa shape index (κ1) is 13.8. The Bertz CT molecular complexity index is 450. The van der Waals surface area contributed by atoms with Crippen molar-refractivity contribution < 1.29 is 4.92 Å². The highest BCUT2D eigenvalue weighted by Gasteiger charge is 2.27. The molecule has 2 unspecified atom stereocenters. The molecule has 0 radical (unpaired) electrons. The Hall–Kier alpha value is -1.62. The van der Waals surface area contributed by atoms with Crippen LogP contribution in [0.1, 0.15) is 26.2 Å². The molecule has 19 heavy (non-hydrogen) atoms. The number of nitro groups is 1. The molecular weight excluding hydrogens is 242 g/mol. The van der Waals surface area contributed by atoms with Crippen molar-refractivity contribution in [3.8, 4) is 0 Å². The molecule has 0 aliphatic carbocycles. The Labute approximate surface area is 113 Å². The number of hydrogen-bond donors (Lipinski definition) is 1. The van der Waals surface area contributed by atoms with Crippen molar-refractivity contribution in [2.45, 2.75) is 32.2 Å². The lowest BCUT2D eigenvalue weighted by Gasteiger charge is -2.40. The summed E-state index contributed by atoms with van der Waals surface area (Å²) in [6.07, 6.45) is 3.39. The molecule has 1 saturated heterocycles. The predicted octanol–water partition coefficient (Wildman–Crippen LogP) is 2.55. The highest BCUT2D eigenvalue weighted by molar-refractivity contribution is 5.54. The molecule has 104 valence electrons. The fourth-order valence-electron chi connectivity index (χ4n) is 2.85. The summed E-state index contributed by atoms with van der Waals surface area (Å²) in [7, 11) is 0. The SMILES string of the molecule is CCC1CCN(c2cccc([N+](=O)[O-])c2)C(CN)C1. The minimum Gasteiger partial charge on any atom is -0.367 e. The fraction of sp³-hybridized carbons (Fsp3) is 0.571. The molecule has 5 heteroatoms. The molecule has 0 saturated carbocycles. The van der Waals surface area contributed by atoms with Crippen LogP contribution in [0.4, 0.5) is 11.4 Å². The van der Waals surface area contributed by atoms with Crippen LogP contribution in [-0.4, -0.2) is 24.1 Å². The van der Waals surface area contributed by atoms with E-state index in [1.165, 1.54) is 12.5 Å². The van der Waals surface area contributed by atoms with Crippen LogP contribution >= 0.6 is 0 Å². The first-order valence-corrected chi connectivity index (χ1v) is 6.86. The molecule has 5 nitrogen and oxygen atoms in total. The van der Waals surface area contributed by atoms with Gasteiger partial charge in [-0.15, -0.1) is 0 Å². The zero-order chi connectivity index (χ0) is 13.8. The van der Waals surface area contributed by atoms with Gasteiger partial charge >= 0.3 is 0 Å². The van der Waals surface area contributed by atoms with Crippen LogP contribution in [-0.2, 0) is 0 Å². The average molecular weight is 263 g/mol. The summed E-state index contributed by atoms with van der Waals surface area (Å²) in [5.41, 5.74) is 6.93. The Kier molecular flexibility index (Phi) is 4.37. The van der Waals surface area contributed by atoms with Crippen LogP contribution in [0.15, 0.2) is 24.3 Å². The third-order valence-corrected chi connectivity index (χ3v) is 4.05. The molecule has 1 aliphatic rings. The number of piperidine rings is 1. The minimum absolute atomic E-state index is 0.144. The average Bonchev–Trinajstić information content (AvgIpc) is 2.46. The summed E-state index contributed by atoms with van der Waals surface area (Å²) in [5, 5.41) is 10.8. The molecule has 0 aromatic heterocycles. The second-order valence-corrected chi connectivity index (χ2v) is 5.16. The largest absolute Gasteiger partial charge is 0.367 e. The van der Waals surface area contributed by atoms with Gasteiger partial charge in [0.15, 0.2) is 0 Å². The number of nitrogens with two attached hydrogens (primary N) is 1. The van der Waals surface area contributed by atoms with Crippen LogP contribution in [0.25, 0.3) is 0 Å². The molecular formula is C14H21N3O2. The maximum atomic E-state index is 10.8. The number of nitro benzene ring substituents is 1. The van der Waals surface area contributed by atoms with Crippen molar-refractivity contribution in [1.29, 1.82) is 0 Å². The van der Waals surface area contributed by atoms with Crippen LogP contribution in [0.5, 0.6) is 0 Å². The summed E-state index contributed by atoms with van der Waals surface area (Å²) in [4.78, 5) is 12.7. The van der Waals surface area contributed by atoms with Gasteiger partial charge in [0.1, 0.15) is 0 Å². The normalized spacial score (nSPS) is 23.4. The van der Waals surface area contributed by atoms with E-state index < -0.39 is 0 Å². The number of benzene rings is 1. The van der Waals surface area contributed by atoms with Crippen molar-refractivity contribution in [3.63, 3.8) is 0 Å². The number of hydrogen-bond acceptors (Lipinski definition) is 4. The Morgan fingerprint density at radius 3 is 2.95 bits per heavy atom. The zero-order valence-corrected chi connectivity index (χ0v) is 11.3. The van der Waals surface area contributed by atoms with Crippen molar-refractivity contribution >= 4 is 11.4 Å². The maximum absolute atomic E-state index is 10.8. The second-order valence-electron chi connectivity index (χ2n) is 5.16. The van der Waals surface area contributed by atoms with Crippen molar-refractivity contribution in [2.24, 2.45) is 11.7 Å². The summed E-state index contributed by atoms with van der Waals surface area (Å²) >= 11 is 0. The molecule has 1 fully saturated rings. The molecule has 0 spiro atoms. The fourth-order valence-corrected chi connectivity index (χ4v) is 2.85. The Morgan fingerprint density at radius 1 is 1.53 bits per heavy atom. The van der Waals surface area contributed by atoms with Gasteiger partial charge in [0.2, 0.25) is 0 Å². The van der Waals surface area contributed by atoms with E-state index in [9.17, 15) is 10.1 Å². The zero-order valence-electron chi connectivity index (χ0n) is 11.3. The second kappa shape index (κ2) is 6.02. The summed E-state index contributed by atoms with van der Waals surface area (Å²) in [6.45, 7) is 3.74. The number of nitrogens with zero attached hydrogens (tertiary/aromatic N) is 2. The van der Waals surface area contributed by atoms with E-state index in [4.69, 9.17) is 5.73 Å². The van der Waals surface area contributed by atoms with Crippen LogP contribution in [0.3, 0.4) is 0 Å². The van der Waals surface area contributed by atoms with Crippen molar-refractivity contribution in [3.05, 3.63) is 34.4 Å². The van der Waals surface area contributed by atoms with Gasteiger partial charge in [0.25, 0.3) is 5.69 Å². The van der Waals surface area contributed by atoms with E-state index >= 15 is 0 Å². The lowest BCUT2D eigenvalue weighted by Crippen LogP contribution is -2.46. The number of anilines is 1. The highest BCUT2D eigenvalue weighted by atomic mass is 16.6. The van der Waals surface area contributed by atoms with Gasteiger partial charge < -0.3 is 10.6 Å². The molecule has 2 N–H and O–H groups in total. The van der Waals surface area contributed by atoms with Crippen molar-refractivity contribution in [1.82, 2.24) is 0 Å². The Balaban J connectivity index is 2.20. The van der Waals surface area contributed by atoms with Gasteiger partial charge in [0, 0.05) is 37.0 Å². The number of rotatable bonds is 4. The van der Waals surface area contributed by atoms with Crippen LogP contribution in [0.2, 0.25) is 0 Å². The summed E-state index contributed by atoms with van der Waals surface area (Å²) < 4.78 is 0. The monoisotopic (exact) mass is 263 g/mol. The predicted molar refractivity (Wildman–Crippen MR) is 76.3 cm³/mol. The van der Waals surface area contributed by atoms with E-state index in [-0.39, 0.29) is 10.6 Å². The third kappa shape index (κ3) is 3.04. The quantitative estimate of drug-likeness (QED) is 0.669. The van der Waals surface area contributed by atoms with Gasteiger partial charge in [-0.2, -0.15) is 0 Å². The van der Waals surface area contributed by atoms with Gasteiger partial charge in [-0.05, 0) is 24.8 Å². The van der Waals surface area contributed by atoms with Gasteiger partial charge in [-0.3, -0.25) is 10.1 Å². The van der Waals surface area contributed by atoms with E-state index in [1.54, 1.807) is 12.1 Å². The minimum atomic E-state index is -0.347. The highest BCUT2D eigenvalue weighted by Crippen LogP contribution is 2.30. The lowest BCUT2D eigenvalue weighted by atomic mass is 9.88. The third-order valence-electron chi connectivity index (χ3n) is 4.05. The number of non-ortho nitro benzene ring substituents is 1. The summed E-state index contributed by atoms with van der Waals surface area (Å²) in [6, 6.07) is 7.14. The van der Waals surface area contributed by atoms with Crippen LogP contribution in [0, 0.1) is 16.0 Å². The molecule has 1 heterocycles. The van der Waals surface area contributed by atoms with Gasteiger partial charge in [-0.1, -0.05) is 19.4 Å². The topological polar surface area (TPSA) is 72.4 Å². The molecule has 1 aromatic rings.